The number of para-hydroxylation sites is 1. The van der Waals surface area contributed by atoms with Crippen molar-refractivity contribution in [3.8, 4) is 0 Å². The minimum Gasteiger partial charge on any atom is -0.335 e. The van der Waals surface area contributed by atoms with Crippen molar-refractivity contribution in [1.82, 2.24) is 25.5 Å². The van der Waals surface area contributed by atoms with Crippen LogP contribution in [0.15, 0.2) is 30.3 Å². The number of H-pyrrole nitrogens is 1. The minimum atomic E-state index is 0.482. The van der Waals surface area contributed by atoms with Gasteiger partial charge in [0.1, 0.15) is 5.82 Å². The number of benzene rings is 1. The summed E-state index contributed by atoms with van der Waals surface area (Å²) in [7, 11) is 0. The van der Waals surface area contributed by atoms with E-state index in [0.717, 1.165) is 41.6 Å². The normalized spacial score (nSPS) is 24.5. The summed E-state index contributed by atoms with van der Waals surface area (Å²) in [6.45, 7) is 2.00. The number of piperazine rings is 1. The highest BCUT2D eigenvalue weighted by atomic mass is 15.3. The Labute approximate surface area is 157 Å². The Morgan fingerprint density at radius 3 is 2.78 bits per heavy atom. The maximum atomic E-state index is 4.93. The lowest BCUT2D eigenvalue weighted by Gasteiger charge is -2.46. The molecule has 3 N–H and O–H groups in total. The van der Waals surface area contributed by atoms with E-state index in [0.29, 0.717) is 18.0 Å². The van der Waals surface area contributed by atoms with Gasteiger partial charge in [0.2, 0.25) is 5.95 Å². The van der Waals surface area contributed by atoms with Crippen LogP contribution in [0.1, 0.15) is 37.3 Å². The molecule has 2 aromatic heterocycles. The second-order valence-electron chi connectivity index (χ2n) is 7.99. The van der Waals surface area contributed by atoms with Crippen LogP contribution in [0.4, 0.5) is 17.6 Å². The van der Waals surface area contributed by atoms with E-state index < -0.39 is 0 Å². The smallest absolute Gasteiger partial charge is 0.228 e. The van der Waals surface area contributed by atoms with E-state index in [-0.39, 0.29) is 0 Å². The van der Waals surface area contributed by atoms with E-state index in [9.17, 15) is 0 Å². The Bertz CT molecular complexity index is 985. The van der Waals surface area contributed by atoms with E-state index in [1.54, 1.807) is 0 Å². The van der Waals surface area contributed by atoms with Crippen molar-refractivity contribution in [1.29, 1.82) is 0 Å². The van der Waals surface area contributed by atoms with Crippen LogP contribution in [0, 0.1) is 0 Å². The van der Waals surface area contributed by atoms with E-state index >= 15 is 0 Å². The largest absolute Gasteiger partial charge is 0.335 e. The number of hydrogen-bond acceptors (Lipinski definition) is 6. The number of rotatable bonds is 4. The Morgan fingerprint density at radius 1 is 1.07 bits per heavy atom. The quantitative estimate of drug-likeness (QED) is 0.663. The predicted octanol–water partition coefficient (Wildman–Crippen LogP) is 2.91. The molecule has 1 saturated carbocycles. The van der Waals surface area contributed by atoms with E-state index in [2.05, 4.69) is 43.9 Å². The summed E-state index contributed by atoms with van der Waals surface area (Å²) >= 11 is 0. The van der Waals surface area contributed by atoms with Crippen LogP contribution in [-0.2, 0) is 0 Å². The van der Waals surface area contributed by atoms with E-state index in [1.807, 2.05) is 12.1 Å². The van der Waals surface area contributed by atoms with Crippen molar-refractivity contribution in [2.24, 2.45) is 0 Å². The van der Waals surface area contributed by atoms with Crippen LogP contribution < -0.4 is 15.5 Å². The summed E-state index contributed by atoms with van der Waals surface area (Å²) in [4.78, 5) is 12.2. The van der Waals surface area contributed by atoms with Crippen LogP contribution >= 0.6 is 0 Å². The molecule has 3 aromatic rings. The van der Waals surface area contributed by atoms with Gasteiger partial charge in [-0.3, -0.25) is 5.10 Å². The lowest BCUT2D eigenvalue weighted by molar-refractivity contribution is 0.287. The molecule has 27 heavy (non-hydrogen) atoms. The average molecular weight is 361 g/mol. The molecular formula is C20H23N7. The molecular weight excluding hydrogens is 338 g/mol. The molecule has 4 aliphatic rings. The van der Waals surface area contributed by atoms with Crippen molar-refractivity contribution in [2.75, 3.05) is 23.3 Å². The van der Waals surface area contributed by atoms with Crippen LogP contribution in [0.5, 0.6) is 0 Å². The lowest BCUT2D eigenvalue weighted by atomic mass is 9.93. The van der Waals surface area contributed by atoms with Gasteiger partial charge in [0.25, 0.3) is 0 Å². The number of hydrogen-bond donors (Lipinski definition) is 3. The molecule has 0 amide bonds. The monoisotopic (exact) mass is 361 g/mol. The van der Waals surface area contributed by atoms with Crippen molar-refractivity contribution in [2.45, 2.75) is 43.7 Å². The lowest BCUT2D eigenvalue weighted by Crippen LogP contribution is -2.61. The molecule has 5 heterocycles. The van der Waals surface area contributed by atoms with E-state index in [1.165, 1.54) is 31.4 Å². The Hall–Kier alpha value is -2.67. The molecule has 0 spiro atoms. The summed E-state index contributed by atoms with van der Waals surface area (Å²) in [6, 6.07) is 11.3. The molecule has 1 aromatic carbocycles. The molecule has 1 aliphatic carbocycles. The third-order valence-corrected chi connectivity index (χ3v) is 6.06. The molecule has 3 aliphatic heterocycles. The van der Waals surface area contributed by atoms with Gasteiger partial charge in [0, 0.05) is 48.2 Å². The number of fused-ring (bicyclic) bond motifs is 4. The zero-order valence-corrected chi connectivity index (χ0v) is 15.2. The van der Waals surface area contributed by atoms with E-state index in [4.69, 9.17) is 9.97 Å². The first kappa shape index (κ1) is 15.4. The second kappa shape index (κ2) is 5.92. The summed E-state index contributed by atoms with van der Waals surface area (Å²) in [5.74, 6) is 3.14. The van der Waals surface area contributed by atoms with Crippen LogP contribution in [0.25, 0.3) is 10.9 Å². The molecule has 138 valence electrons. The number of anilines is 3. The highest BCUT2D eigenvalue weighted by molar-refractivity contribution is 5.91. The zero-order valence-electron chi connectivity index (χ0n) is 15.2. The van der Waals surface area contributed by atoms with Gasteiger partial charge in [-0.05, 0) is 37.8 Å². The molecule has 7 rings (SSSR count). The number of nitrogens with one attached hydrogen (secondary N) is 3. The fraction of sp³-hybridized carbons (Fsp3) is 0.450. The van der Waals surface area contributed by atoms with Crippen molar-refractivity contribution >= 4 is 28.5 Å². The predicted molar refractivity (Wildman–Crippen MR) is 106 cm³/mol. The molecule has 0 radical (unpaired) electrons. The Kier molecular flexibility index (Phi) is 3.38. The van der Waals surface area contributed by atoms with Crippen molar-refractivity contribution in [3.63, 3.8) is 0 Å². The van der Waals surface area contributed by atoms with Gasteiger partial charge < -0.3 is 15.5 Å². The van der Waals surface area contributed by atoms with Crippen LogP contribution in [0.3, 0.4) is 0 Å². The molecule has 2 bridgehead atoms. The first-order valence-electron chi connectivity index (χ1n) is 9.92. The fourth-order valence-corrected chi connectivity index (χ4v) is 4.37. The van der Waals surface area contributed by atoms with Gasteiger partial charge in [0.15, 0.2) is 5.82 Å². The third-order valence-electron chi connectivity index (χ3n) is 6.06. The van der Waals surface area contributed by atoms with Gasteiger partial charge in [-0.15, -0.1) is 0 Å². The van der Waals surface area contributed by atoms with Crippen LogP contribution in [-0.4, -0.2) is 45.3 Å². The summed E-state index contributed by atoms with van der Waals surface area (Å²) in [5.41, 5.74) is 2.19. The molecule has 7 heteroatoms. The minimum absolute atomic E-state index is 0.482. The first-order chi connectivity index (χ1) is 13.3. The average Bonchev–Trinajstić information content (AvgIpc) is 3.48. The highest BCUT2D eigenvalue weighted by Crippen LogP contribution is 2.40. The molecule has 7 nitrogen and oxygen atoms in total. The molecule has 2 unspecified atom stereocenters. The van der Waals surface area contributed by atoms with Gasteiger partial charge in [-0.2, -0.15) is 10.1 Å². The summed E-state index contributed by atoms with van der Waals surface area (Å²) in [5, 5.41) is 15.7. The third kappa shape index (κ3) is 2.73. The molecule has 4 fully saturated rings. The first-order valence-corrected chi connectivity index (χ1v) is 9.92. The van der Waals surface area contributed by atoms with Crippen LogP contribution in [0.2, 0.25) is 0 Å². The van der Waals surface area contributed by atoms with Crippen molar-refractivity contribution in [3.05, 3.63) is 36.0 Å². The molecule has 3 saturated heterocycles. The van der Waals surface area contributed by atoms with Gasteiger partial charge in [-0.25, -0.2) is 4.98 Å². The SMILES string of the molecule is c1ccc2c(Nc3cc(C4CC4)[nH]n3)nc(N3CC4CCC3CN4)nc2c1. The number of aromatic amines is 1. The van der Waals surface area contributed by atoms with Crippen molar-refractivity contribution < 1.29 is 0 Å². The summed E-state index contributed by atoms with van der Waals surface area (Å²) in [6.07, 6.45) is 4.97. The van der Waals surface area contributed by atoms with Gasteiger partial charge >= 0.3 is 0 Å². The zero-order chi connectivity index (χ0) is 17.8. The summed E-state index contributed by atoms with van der Waals surface area (Å²) < 4.78 is 0. The van der Waals surface area contributed by atoms with Gasteiger partial charge in [0.05, 0.1) is 5.52 Å². The number of aromatic nitrogens is 4. The Morgan fingerprint density at radius 2 is 2.00 bits per heavy atom. The molecule has 2 atom stereocenters. The van der Waals surface area contributed by atoms with Gasteiger partial charge in [-0.1, -0.05) is 12.1 Å². The Balaban J connectivity index is 1.39. The standard InChI is InChI=1S/C20H23N7/c1-2-4-16-15(3-1)19(23-18-9-17(25-26-18)12-5-6-12)24-20(22-16)27-11-13-7-8-14(27)10-21-13/h1-4,9,12-14,21H,5-8,10-11H2,(H2,22,23,24,25,26). The number of piperidine rings is 2. The second-order valence-corrected chi connectivity index (χ2v) is 7.99. The fourth-order valence-electron chi connectivity index (χ4n) is 4.37. The number of nitrogens with zero attached hydrogens (tertiary/aromatic N) is 4. The topological polar surface area (TPSA) is 81.8 Å². The maximum Gasteiger partial charge on any atom is 0.228 e. The highest BCUT2D eigenvalue weighted by Gasteiger charge is 2.35. The maximum absolute atomic E-state index is 4.93.